The van der Waals surface area contributed by atoms with Crippen molar-refractivity contribution < 1.29 is 9.84 Å². The van der Waals surface area contributed by atoms with Crippen LogP contribution in [0.15, 0.2) is 18.2 Å². The highest BCUT2D eigenvalue weighted by atomic mass is 35.5. The van der Waals surface area contributed by atoms with Crippen LogP contribution in [-0.4, -0.2) is 30.9 Å². The molecule has 0 spiro atoms. The molecular weight excluding hydrogens is 262 g/mol. The second-order valence-corrected chi connectivity index (χ2v) is 5.97. The summed E-state index contributed by atoms with van der Waals surface area (Å²) in [5, 5.41) is 14.8. The van der Waals surface area contributed by atoms with Crippen LogP contribution in [0.1, 0.15) is 25.3 Å². The largest absolute Gasteiger partial charge is 0.496 e. The number of hydrogen-bond acceptors (Lipinski definition) is 3. The summed E-state index contributed by atoms with van der Waals surface area (Å²) >= 11 is 6.04. The van der Waals surface area contributed by atoms with Gasteiger partial charge in [0.05, 0.1) is 12.7 Å². The molecule has 2 N–H and O–H groups in total. The molecule has 1 fully saturated rings. The molecule has 106 valence electrons. The maximum absolute atomic E-state index is 10.8. The normalized spacial score (nSPS) is 22.8. The van der Waals surface area contributed by atoms with E-state index < -0.39 is 5.60 Å². The van der Waals surface area contributed by atoms with E-state index in [-0.39, 0.29) is 5.92 Å². The van der Waals surface area contributed by atoms with Gasteiger partial charge in [-0.2, -0.15) is 0 Å². The van der Waals surface area contributed by atoms with E-state index in [1.165, 1.54) is 0 Å². The van der Waals surface area contributed by atoms with Crippen LogP contribution >= 0.6 is 11.6 Å². The van der Waals surface area contributed by atoms with Gasteiger partial charge in [0, 0.05) is 23.9 Å². The molecule has 3 nitrogen and oxygen atoms in total. The summed E-state index contributed by atoms with van der Waals surface area (Å²) in [6.45, 7) is 3.83. The summed E-state index contributed by atoms with van der Waals surface area (Å²) in [6.07, 6.45) is 2.74. The smallest absolute Gasteiger partial charge is 0.122 e. The summed E-state index contributed by atoms with van der Waals surface area (Å²) < 4.78 is 5.35. The molecule has 1 aliphatic heterocycles. The van der Waals surface area contributed by atoms with Crippen molar-refractivity contribution in [2.75, 3.05) is 20.2 Å². The van der Waals surface area contributed by atoms with E-state index in [0.717, 1.165) is 37.2 Å². The standard InChI is InChI=1S/C15H22ClNO2/c1-15(18,12-4-3-7-17-10-12)9-11-8-13(16)5-6-14(11)19-2/h5-6,8,12,17-18H,3-4,7,9-10H2,1-2H3. The van der Waals surface area contributed by atoms with E-state index in [0.29, 0.717) is 11.4 Å². The lowest BCUT2D eigenvalue weighted by Gasteiger charge is -2.36. The number of ether oxygens (including phenoxy) is 1. The number of aliphatic hydroxyl groups is 1. The van der Waals surface area contributed by atoms with E-state index in [4.69, 9.17) is 16.3 Å². The fourth-order valence-corrected chi connectivity index (χ4v) is 2.99. The first kappa shape index (κ1) is 14.6. The van der Waals surface area contributed by atoms with Crippen molar-refractivity contribution >= 4 is 11.6 Å². The Morgan fingerprint density at radius 3 is 2.95 bits per heavy atom. The van der Waals surface area contributed by atoms with Crippen molar-refractivity contribution in [3.8, 4) is 5.75 Å². The van der Waals surface area contributed by atoms with Crippen molar-refractivity contribution in [3.05, 3.63) is 28.8 Å². The molecule has 0 aromatic heterocycles. The minimum atomic E-state index is -0.745. The van der Waals surface area contributed by atoms with Gasteiger partial charge in [-0.1, -0.05) is 11.6 Å². The number of piperidine rings is 1. The predicted molar refractivity (Wildman–Crippen MR) is 77.9 cm³/mol. The molecule has 1 saturated heterocycles. The topological polar surface area (TPSA) is 41.5 Å². The van der Waals surface area contributed by atoms with Gasteiger partial charge in [0.25, 0.3) is 0 Å². The van der Waals surface area contributed by atoms with Gasteiger partial charge in [-0.05, 0) is 50.1 Å². The quantitative estimate of drug-likeness (QED) is 0.893. The van der Waals surface area contributed by atoms with Gasteiger partial charge >= 0.3 is 0 Å². The van der Waals surface area contributed by atoms with Crippen LogP contribution in [0.4, 0.5) is 0 Å². The number of methoxy groups -OCH3 is 1. The molecule has 0 saturated carbocycles. The highest BCUT2D eigenvalue weighted by molar-refractivity contribution is 6.30. The molecule has 1 aromatic carbocycles. The van der Waals surface area contributed by atoms with Crippen molar-refractivity contribution in [3.63, 3.8) is 0 Å². The minimum absolute atomic E-state index is 0.268. The summed E-state index contributed by atoms with van der Waals surface area (Å²) in [4.78, 5) is 0. The number of nitrogens with one attached hydrogen (secondary N) is 1. The number of benzene rings is 1. The van der Waals surface area contributed by atoms with E-state index in [1.807, 2.05) is 19.1 Å². The monoisotopic (exact) mass is 283 g/mol. The molecule has 0 aliphatic carbocycles. The number of rotatable bonds is 4. The van der Waals surface area contributed by atoms with Crippen molar-refractivity contribution in [1.82, 2.24) is 5.32 Å². The second kappa shape index (κ2) is 6.12. The molecule has 2 rings (SSSR count). The van der Waals surface area contributed by atoms with Gasteiger partial charge in [-0.15, -0.1) is 0 Å². The fourth-order valence-electron chi connectivity index (χ4n) is 2.80. The fraction of sp³-hybridized carbons (Fsp3) is 0.600. The molecule has 2 atom stereocenters. The lowest BCUT2D eigenvalue weighted by Crippen LogP contribution is -2.45. The Morgan fingerprint density at radius 2 is 2.32 bits per heavy atom. The SMILES string of the molecule is COc1ccc(Cl)cc1CC(C)(O)C1CCCNC1. The highest BCUT2D eigenvalue weighted by Crippen LogP contribution is 2.32. The molecule has 4 heteroatoms. The molecule has 1 aromatic rings. The second-order valence-electron chi connectivity index (χ2n) is 5.53. The van der Waals surface area contributed by atoms with Gasteiger partial charge in [0.1, 0.15) is 5.75 Å². The van der Waals surface area contributed by atoms with Gasteiger partial charge in [0.2, 0.25) is 0 Å². The molecule has 19 heavy (non-hydrogen) atoms. The third-order valence-corrected chi connectivity index (χ3v) is 4.20. The Balaban J connectivity index is 2.16. The van der Waals surface area contributed by atoms with Crippen LogP contribution < -0.4 is 10.1 Å². The molecule has 0 radical (unpaired) electrons. The number of hydrogen-bond donors (Lipinski definition) is 2. The molecule has 1 heterocycles. The molecule has 2 unspecified atom stereocenters. The van der Waals surface area contributed by atoms with Crippen LogP contribution in [0.5, 0.6) is 5.75 Å². The van der Waals surface area contributed by atoms with E-state index in [1.54, 1.807) is 13.2 Å². The highest BCUT2D eigenvalue weighted by Gasteiger charge is 2.33. The van der Waals surface area contributed by atoms with Gasteiger partial charge in [0.15, 0.2) is 0 Å². The van der Waals surface area contributed by atoms with Crippen LogP contribution in [0.3, 0.4) is 0 Å². The van der Waals surface area contributed by atoms with Crippen molar-refractivity contribution in [1.29, 1.82) is 0 Å². The average Bonchev–Trinajstić information content (AvgIpc) is 2.39. The Morgan fingerprint density at radius 1 is 1.53 bits per heavy atom. The lowest BCUT2D eigenvalue weighted by molar-refractivity contribution is -0.0106. The first-order valence-corrected chi connectivity index (χ1v) is 7.16. The van der Waals surface area contributed by atoms with Crippen molar-refractivity contribution in [2.24, 2.45) is 5.92 Å². The summed E-state index contributed by atoms with van der Waals surface area (Å²) in [6, 6.07) is 5.54. The zero-order valence-corrected chi connectivity index (χ0v) is 12.3. The zero-order chi connectivity index (χ0) is 13.9. The Hall–Kier alpha value is -0.770. The maximum atomic E-state index is 10.8. The maximum Gasteiger partial charge on any atom is 0.122 e. The third-order valence-electron chi connectivity index (χ3n) is 3.97. The lowest BCUT2D eigenvalue weighted by atomic mass is 9.79. The minimum Gasteiger partial charge on any atom is -0.496 e. The summed E-state index contributed by atoms with van der Waals surface area (Å²) in [7, 11) is 1.64. The van der Waals surface area contributed by atoms with E-state index in [2.05, 4.69) is 5.32 Å². The van der Waals surface area contributed by atoms with Gasteiger partial charge < -0.3 is 15.2 Å². The van der Waals surface area contributed by atoms with E-state index in [9.17, 15) is 5.11 Å². The van der Waals surface area contributed by atoms with Crippen LogP contribution in [0, 0.1) is 5.92 Å². The van der Waals surface area contributed by atoms with E-state index >= 15 is 0 Å². The molecule has 0 bridgehead atoms. The Bertz CT molecular complexity index is 428. The Kier molecular flexibility index (Phi) is 4.71. The summed E-state index contributed by atoms with van der Waals surface area (Å²) in [5.74, 6) is 1.05. The Labute approximate surface area is 119 Å². The predicted octanol–water partition coefficient (Wildman–Crippen LogP) is 2.64. The zero-order valence-electron chi connectivity index (χ0n) is 11.6. The average molecular weight is 284 g/mol. The van der Waals surface area contributed by atoms with Crippen LogP contribution in [0.2, 0.25) is 5.02 Å². The summed E-state index contributed by atoms with van der Waals surface area (Å²) in [5.41, 5.74) is 0.219. The molecular formula is C15H22ClNO2. The van der Waals surface area contributed by atoms with Crippen LogP contribution in [0.25, 0.3) is 0 Å². The van der Waals surface area contributed by atoms with Gasteiger partial charge in [-0.3, -0.25) is 0 Å². The third kappa shape index (κ3) is 3.62. The first-order valence-electron chi connectivity index (χ1n) is 6.78. The molecule has 1 aliphatic rings. The van der Waals surface area contributed by atoms with Gasteiger partial charge in [-0.25, -0.2) is 0 Å². The van der Waals surface area contributed by atoms with Crippen molar-refractivity contribution in [2.45, 2.75) is 31.8 Å². The molecule has 0 amide bonds. The first-order chi connectivity index (χ1) is 9.03. The van der Waals surface area contributed by atoms with Crippen LogP contribution in [-0.2, 0) is 6.42 Å². The number of halogens is 1.